The van der Waals surface area contributed by atoms with Gasteiger partial charge >= 0.3 is 11.9 Å². The van der Waals surface area contributed by atoms with Gasteiger partial charge in [0.25, 0.3) is 0 Å². The van der Waals surface area contributed by atoms with Crippen molar-refractivity contribution in [1.29, 1.82) is 0 Å². The standard InChI is InChI=1S/2C7H6O2.C6H6O2/c2*8-7(9)6-4-2-1-3-5-6;7-5-1-2-6(8)4-3-5/h2*1-5H,(H,8,9);1-4,7-8H. The summed E-state index contributed by atoms with van der Waals surface area (Å²) in [6, 6.07) is 22.3. The molecule has 0 saturated heterocycles. The molecule has 0 atom stereocenters. The van der Waals surface area contributed by atoms with E-state index in [1.165, 1.54) is 24.3 Å². The van der Waals surface area contributed by atoms with Gasteiger partial charge < -0.3 is 20.4 Å². The van der Waals surface area contributed by atoms with Gasteiger partial charge in [-0.05, 0) is 48.5 Å². The summed E-state index contributed by atoms with van der Waals surface area (Å²) >= 11 is 0. The lowest BCUT2D eigenvalue weighted by Gasteiger charge is -1.88. The normalized spacial score (nSPS) is 8.92. The number of rotatable bonds is 2. The lowest BCUT2D eigenvalue weighted by atomic mass is 10.2. The van der Waals surface area contributed by atoms with E-state index >= 15 is 0 Å². The minimum Gasteiger partial charge on any atom is -0.508 e. The molecule has 3 rings (SSSR count). The Kier molecular flexibility index (Phi) is 8.47. The summed E-state index contributed by atoms with van der Waals surface area (Å²) < 4.78 is 0. The molecule has 0 amide bonds. The molecule has 134 valence electrons. The van der Waals surface area contributed by atoms with Crippen LogP contribution in [0.4, 0.5) is 0 Å². The van der Waals surface area contributed by atoms with Crippen molar-refractivity contribution in [2.45, 2.75) is 0 Å². The topological polar surface area (TPSA) is 115 Å². The minimum atomic E-state index is -0.879. The maximum atomic E-state index is 10.2. The van der Waals surface area contributed by atoms with Gasteiger partial charge in [0, 0.05) is 0 Å². The monoisotopic (exact) mass is 354 g/mol. The van der Waals surface area contributed by atoms with Gasteiger partial charge in [-0.25, -0.2) is 9.59 Å². The molecule has 0 unspecified atom stereocenters. The molecule has 26 heavy (non-hydrogen) atoms. The SMILES string of the molecule is O=C(O)c1ccccc1.O=C(O)c1ccccc1.Oc1ccc(O)cc1. The van der Waals surface area contributed by atoms with Gasteiger partial charge in [0.05, 0.1) is 11.1 Å². The molecule has 0 aliphatic heterocycles. The van der Waals surface area contributed by atoms with Crippen LogP contribution >= 0.6 is 0 Å². The predicted octanol–water partition coefficient (Wildman–Crippen LogP) is 3.87. The molecule has 0 aliphatic carbocycles. The Morgan fingerprint density at radius 2 is 0.769 bits per heavy atom. The fraction of sp³-hybridized carbons (Fsp3) is 0. The van der Waals surface area contributed by atoms with E-state index in [0.717, 1.165) is 0 Å². The Bertz CT molecular complexity index is 728. The van der Waals surface area contributed by atoms with E-state index in [1.807, 2.05) is 0 Å². The molecule has 0 saturated carbocycles. The second-order valence-electron chi connectivity index (χ2n) is 4.86. The Labute approximate surface area is 150 Å². The van der Waals surface area contributed by atoms with Crippen molar-refractivity contribution >= 4 is 11.9 Å². The van der Waals surface area contributed by atoms with Crippen molar-refractivity contribution in [1.82, 2.24) is 0 Å². The highest BCUT2D eigenvalue weighted by atomic mass is 16.4. The zero-order valence-electron chi connectivity index (χ0n) is 13.7. The molecule has 3 aromatic carbocycles. The van der Waals surface area contributed by atoms with Crippen LogP contribution in [0.5, 0.6) is 11.5 Å². The highest BCUT2D eigenvalue weighted by Gasteiger charge is 1.97. The van der Waals surface area contributed by atoms with Crippen molar-refractivity contribution in [3.8, 4) is 11.5 Å². The molecule has 0 bridgehead atoms. The van der Waals surface area contributed by atoms with Gasteiger partial charge in [-0.15, -0.1) is 0 Å². The molecule has 0 radical (unpaired) electrons. The number of hydrogen-bond acceptors (Lipinski definition) is 4. The number of phenols is 2. The first-order chi connectivity index (χ1) is 12.4. The molecule has 3 aromatic rings. The Balaban J connectivity index is 0.000000195. The van der Waals surface area contributed by atoms with Gasteiger partial charge in [0.15, 0.2) is 0 Å². The van der Waals surface area contributed by atoms with Crippen molar-refractivity contribution in [3.05, 3.63) is 96.1 Å². The van der Waals surface area contributed by atoms with Crippen molar-refractivity contribution in [2.75, 3.05) is 0 Å². The molecular weight excluding hydrogens is 336 g/mol. The van der Waals surface area contributed by atoms with Crippen LogP contribution in [-0.4, -0.2) is 32.4 Å². The number of carbonyl (C=O) groups is 2. The van der Waals surface area contributed by atoms with E-state index in [0.29, 0.717) is 11.1 Å². The van der Waals surface area contributed by atoms with Crippen LogP contribution in [0.15, 0.2) is 84.9 Å². The summed E-state index contributed by atoms with van der Waals surface area (Å²) in [4.78, 5) is 20.4. The highest BCUT2D eigenvalue weighted by Crippen LogP contribution is 2.13. The number of carboxylic acid groups (broad SMARTS) is 2. The Morgan fingerprint density at radius 1 is 0.500 bits per heavy atom. The summed E-state index contributed by atoms with van der Waals surface area (Å²) in [5.74, 6) is -1.42. The van der Waals surface area contributed by atoms with Crippen molar-refractivity contribution < 1.29 is 30.0 Å². The van der Waals surface area contributed by atoms with Crippen LogP contribution in [0.3, 0.4) is 0 Å². The fourth-order valence-corrected chi connectivity index (χ4v) is 1.61. The summed E-state index contributed by atoms with van der Waals surface area (Å²) in [7, 11) is 0. The van der Waals surface area contributed by atoms with Crippen LogP contribution in [0, 0.1) is 0 Å². The molecule has 6 heteroatoms. The van der Waals surface area contributed by atoms with Crippen molar-refractivity contribution in [2.24, 2.45) is 0 Å². The van der Waals surface area contributed by atoms with E-state index in [2.05, 4.69) is 0 Å². The average Bonchev–Trinajstić information content (AvgIpc) is 2.66. The van der Waals surface area contributed by atoms with E-state index in [4.69, 9.17) is 20.4 Å². The van der Waals surface area contributed by atoms with E-state index in [9.17, 15) is 9.59 Å². The summed E-state index contributed by atoms with van der Waals surface area (Å²) in [5.41, 5.74) is 0.662. The molecule has 0 heterocycles. The lowest BCUT2D eigenvalue weighted by Crippen LogP contribution is -1.93. The van der Waals surface area contributed by atoms with E-state index in [-0.39, 0.29) is 11.5 Å². The number of hydrogen-bond donors (Lipinski definition) is 4. The van der Waals surface area contributed by atoms with Crippen LogP contribution < -0.4 is 0 Å². The predicted molar refractivity (Wildman–Crippen MR) is 96.6 cm³/mol. The first-order valence-corrected chi connectivity index (χ1v) is 7.45. The maximum Gasteiger partial charge on any atom is 0.335 e. The van der Waals surface area contributed by atoms with Crippen LogP contribution in [0.25, 0.3) is 0 Å². The maximum absolute atomic E-state index is 10.2. The summed E-state index contributed by atoms with van der Waals surface area (Å²) in [6.45, 7) is 0. The lowest BCUT2D eigenvalue weighted by molar-refractivity contribution is 0.0686. The van der Waals surface area contributed by atoms with Gasteiger partial charge in [-0.1, -0.05) is 36.4 Å². The van der Waals surface area contributed by atoms with Gasteiger partial charge in [0.2, 0.25) is 0 Å². The average molecular weight is 354 g/mol. The zero-order valence-corrected chi connectivity index (χ0v) is 13.7. The van der Waals surface area contributed by atoms with Crippen LogP contribution in [0.2, 0.25) is 0 Å². The number of carboxylic acids is 2. The quantitative estimate of drug-likeness (QED) is 0.519. The van der Waals surface area contributed by atoms with Gasteiger partial charge in [-0.3, -0.25) is 0 Å². The first kappa shape index (κ1) is 20.2. The smallest absolute Gasteiger partial charge is 0.335 e. The third kappa shape index (κ3) is 8.16. The number of aromatic carboxylic acids is 2. The molecule has 4 N–H and O–H groups in total. The van der Waals surface area contributed by atoms with Gasteiger partial charge in [-0.2, -0.15) is 0 Å². The third-order valence-electron chi connectivity index (χ3n) is 2.89. The van der Waals surface area contributed by atoms with Crippen LogP contribution in [-0.2, 0) is 0 Å². The summed E-state index contributed by atoms with van der Waals surface area (Å²) in [5, 5.41) is 34.1. The highest BCUT2D eigenvalue weighted by molar-refractivity contribution is 5.87. The first-order valence-electron chi connectivity index (χ1n) is 7.45. The minimum absolute atomic E-state index is 0.169. The van der Waals surface area contributed by atoms with Crippen LogP contribution in [0.1, 0.15) is 20.7 Å². The van der Waals surface area contributed by atoms with E-state index < -0.39 is 11.9 Å². The van der Waals surface area contributed by atoms with Gasteiger partial charge in [0.1, 0.15) is 11.5 Å². The third-order valence-corrected chi connectivity index (χ3v) is 2.89. The number of phenolic OH excluding ortho intramolecular Hbond substituents is 2. The zero-order chi connectivity index (χ0) is 19.4. The Hall–Kier alpha value is -3.80. The van der Waals surface area contributed by atoms with E-state index in [1.54, 1.807) is 60.7 Å². The molecule has 0 aromatic heterocycles. The second-order valence-corrected chi connectivity index (χ2v) is 4.86. The second kappa shape index (κ2) is 10.9. The molecular formula is C20H18O6. The largest absolute Gasteiger partial charge is 0.508 e. The number of benzene rings is 3. The molecule has 0 spiro atoms. The fourth-order valence-electron chi connectivity index (χ4n) is 1.61. The molecule has 6 nitrogen and oxygen atoms in total. The Morgan fingerprint density at radius 3 is 0.962 bits per heavy atom. The molecule has 0 fully saturated rings. The molecule has 0 aliphatic rings. The summed E-state index contributed by atoms with van der Waals surface area (Å²) in [6.07, 6.45) is 0. The number of aromatic hydroxyl groups is 2. The van der Waals surface area contributed by atoms with Crippen molar-refractivity contribution in [3.63, 3.8) is 0 Å².